The van der Waals surface area contributed by atoms with E-state index in [-0.39, 0.29) is 52.4 Å². The number of amides is 1. The molecule has 2 N–H and O–H groups in total. The summed E-state index contributed by atoms with van der Waals surface area (Å²) in [6.07, 6.45) is -0.674. The molecular formula is C30H37N3O8S2. The van der Waals surface area contributed by atoms with Crippen LogP contribution in [0.3, 0.4) is 0 Å². The highest BCUT2D eigenvalue weighted by Crippen LogP contribution is 2.32. The highest BCUT2D eigenvalue weighted by atomic mass is 32.2. The summed E-state index contributed by atoms with van der Waals surface area (Å²) in [6, 6.07) is 16.2. The number of fused-ring (bicyclic) bond motifs is 1. The molecule has 3 atom stereocenters. The number of aryl methyl sites for hydroxylation is 1. The van der Waals surface area contributed by atoms with Crippen LogP contribution in [0.15, 0.2) is 76.5 Å². The molecule has 0 radical (unpaired) electrons. The van der Waals surface area contributed by atoms with E-state index in [0.29, 0.717) is 5.75 Å². The maximum absolute atomic E-state index is 13.7. The summed E-state index contributed by atoms with van der Waals surface area (Å²) < 4.78 is 67.9. The van der Waals surface area contributed by atoms with E-state index in [2.05, 4.69) is 4.72 Å². The van der Waals surface area contributed by atoms with E-state index in [1.54, 1.807) is 31.2 Å². The smallest absolute Gasteiger partial charge is 0.261 e. The fraction of sp³-hybridized carbons (Fsp3) is 0.367. The maximum Gasteiger partial charge on any atom is 0.261 e. The molecule has 232 valence electrons. The van der Waals surface area contributed by atoms with E-state index >= 15 is 0 Å². The van der Waals surface area contributed by atoms with Gasteiger partial charge in [-0.1, -0.05) is 24.6 Å². The third-order valence-corrected chi connectivity index (χ3v) is 10.7. The van der Waals surface area contributed by atoms with Gasteiger partial charge in [-0.15, -0.1) is 0 Å². The number of ether oxygens (including phenoxy) is 2. The molecule has 43 heavy (non-hydrogen) atoms. The molecule has 3 aromatic rings. The summed E-state index contributed by atoms with van der Waals surface area (Å²) >= 11 is 0. The predicted molar refractivity (Wildman–Crippen MR) is 162 cm³/mol. The molecule has 0 saturated heterocycles. The molecule has 13 heteroatoms. The molecule has 1 aliphatic heterocycles. The van der Waals surface area contributed by atoms with E-state index in [9.17, 15) is 26.7 Å². The predicted octanol–water partition coefficient (Wildman–Crippen LogP) is 3.35. The SMILES string of the molecule is COc1ccc(S(=O)(=O)Nc2ccc3c(c2)C(=O)N([C@@H](C)CO)C[C@@H](C)[C@@H](CN(C)S(=O)(=O)c2ccc(C)cc2)O3)cc1. The molecule has 4 rings (SSSR count). The van der Waals surface area contributed by atoms with Gasteiger partial charge >= 0.3 is 0 Å². The zero-order valence-corrected chi connectivity index (χ0v) is 26.4. The average molecular weight is 632 g/mol. The van der Waals surface area contributed by atoms with Gasteiger partial charge in [0.05, 0.1) is 41.7 Å². The number of rotatable bonds is 10. The second kappa shape index (κ2) is 12.9. The lowest BCUT2D eigenvalue weighted by Gasteiger charge is -2.38. The molecule has 0 aliphatic carbocycles. The molecule has 0 bridgehead atoms. The fourth-order valence-electron chi connectivity index (χ4n) is 4.71. The second-order valence-corrected chi connectivity index (χ2v) is 14.4. The van der Waals surface area contributed by atoms with E-state index in [1.165, 1.54) is 65.8 Å². The van der Waals surface area contributed by atoms with E-state index in [0.717, 1.165) is 5.56 Å². The summed E-state index contributed by atoms with van der Waals surface area (Å²) in [5.41, 5.74) is 1.15. The Balaban J connectivity index is 1.67. The number of anilines is 1. The van der Waals surface area contributed by atoms with E-state index in [1.807, 2.05) is 13.8 Å². The third kappa shape index (κ3) is 7.12. The van der Waals surface area contributed by atoms with E-state index < -0.39 is 38.1 Å². The lowest BCUT2D eigenvalue weighted by atomic mass is 9.99. The topological polar surface area (TPSA) is 143 Å². The Morgan fingerprint density at radius 2 is 1.67 bits per heavy atom. The number of nitrogens with zero attached hydrogens (tertiary/aromatic N) is 2. The minimum atomic E-state index is -4.00. The maximum atomic E-state index is 13.7. The Kier molecular flexibility index (Phi) is 9.70. The zero-order valence-electron chi connectivity index (χ0n) is 24.7. The average Bonchev–Trinajstić information content (AvgIpc) is 2.98. The second-order valence-electron chi connectivity index (χ2n) is 10.7. The van der Waals surface area contributed by atoms with Crippen molar-refractivity contribution in [3.8, 4) is 11.5 Å². The van der Waals surface area contributed by atoms with Crippen molar-refractivity contribution in [2.45, 2.75) is 42.7 Å². The molecule has 0 aromatic heterocycles. The minimum Gasteiger partial charge on any atom is -0.497 e. The van der Waals surface area contributed by atoms with Gasteiger partial charge in [-0.2, -0.15) is 4.31 Å². The highest BCUT2D eigenvalue weighted by molar-refractivity contribution is 7.92. The van der Waals surface area contributed by atoms with Crippen LogP contribution >= 0.6 is 0 Å². The van der Waals surface area contributed by atoms with Crippen molar-refractivity contribution in [3.05, 3.63) is 77.9 Å². The summed E-state index contributed by atoms with van der Waals surface area (Å²) in [5, 5.41) is 9.92. The monoisotopic (exact) mass is 631 g/mol. The van der Waals surface area contributed by atoms with Crippen LogP contribution in [0.4, 0.5) is 5.69 Å². The lowest BCUT2D eigenvalue weighted by Crippen LogP contribution is -2.50. The number of nitrogens with one attached hydrogen (secondary N) is 1. The molecule has 3 aromatic carbocycles. The Bertz CT molecular complexity index is 1660. The first-order valence-electron chi connectivity index (χ1n) is 13.7. The number of sulfonamides is 2. The van der Waals surface area contributed by atoms with Gasteiger partial charge in [0.1, 0.15) is 17.6 Å². The molecule has 0 fully saturated rings. The number of hydrogen-bond acceptors (Lipinski definition) is 8. The molecule has 1 aliphatic rings. The number of methoxy groups -OCH3 is 1. The van der Waals surface area contributed by atoms with Crippen LogP contribution in [0.25, 0.3) is 0 Å². The first-order valence-corrected chi connectivity index (χ1v) is 16.6. The van der Waals surface area contributed by atoms with Crippen molar-refractivity contribution >= 4 is 31.6 Å². The third-order valence-electron chi connectivity index (χ3n) is 7.45. The van der Waals surface area contributed by atoms with Crippen molar-refractivity contribution < 1.29 is 36.2 Å². The minimum absolute atomic E-state index is 0.00450. The molecule has 0 unspecified atom stereocenters. The van der Waals surface area contributed by atoms with E-state index in [4.69, 9.17) is 9.47 Å². The normalized spacial score (nSPS) is 18.3. The molecular weight excluding hydrogens is 594 g/mol. The van der Waals surface area contributed by atoms with Gasteiger partial charge in [0.2, 0.25) is 10.0 Å². The van der Waals surface area contributed by atoms with Crippen molar-refractivity contribution in [2.75, 3.05) is 38.6 Å². The van der Waals surface area contributed by atoms with Gasteiger partial charge in [-0.05, 0) is 68.4 Å². The Morgan fingerprint density at radius 1 is 1.05 bits per heavy atom. The van der Waals surface area contributed by atoms with Crippen molar-refractivity contribution in [1.82, 2.24) is 9.21 Å². The van der Waals surface area contributed by atoms with Crippen LogP contribution in [0, 0.1) is 12.8 Å². The summed E-state index contributed by atoms with van der Waals surface area (Å²) in [4.78, 5) is 15.4. The number of likely N-dealkylation sites (N-methyl/N-ethyl adjacent to an activating group) is 1. The Morgan fingerprint density at radius 3 is 2.28 bits per heavy atom. The standard InChI is InChI=1S/C30H37N3O8S2/c1-20-6-11-26(12-7-20)43(38,39)32(4)18-29-21(2)17-33(22(3)19-34)30(35)27-16-23(8-15-28(27)41-29)31-42(36,37)25-13-9-24(40-5)10-14-25/h6-16,21-22,29,31,34H,17-19H2,1-5H3/t21-,22+,29-/m1/s1. The van der Waals surface area contributed by atoms with Crippen molar-refractivity contribution in [2.24, 2.45) is 5.92 Å². The van der Waals surface area contributed by atoms with Crippen LogP contribution in [0.2, 0.25) is 0 Å². The number of carbonyl (C=O) groups is 1. The summed E-state index contributed by atoms with van der Waals surface area (Å²) in [7, 11) is -4.88. The number of hydrogen-bond donors (Lipinski definition) is 2. The van der Waals surface area contributed by atoms with Gasteiger partial charge in [0, 0.05) is 25.2 Å². The quantitative estimate of drug-likeness (QED) is 0.347. The number of aliphatic hydroxyl groups is 1. The number of benzene rings is 3. The molecule has 1 amide bonds. The van der Waals surface area contributed by atoms with Gasteiger partial charge in [0.15, 0.2) is 0 Å². The molecule has 0 spiro atoms. The van der Waals surface area contributed by atoms with Gasteiger partial charge < -0.3 is 19.5 Å². The van der Waals surface area contributed by atoms with Crippen LogP contribution in [0.5, 0.6) is 11.5 Å². The zero-order chi connectivity index (χ0) is 31.5. The van der Waals surface area contributed by atoms with Crippen LogP contribution in [-0.2, 0) is 20.0 Å². The van der Waals surface area contributed by atoms with Gasteiger partial charge in [-0.25, -0.2) is 16.8 Å². The number of aliphatic hydroxyl groups excluding tert-OH is 1. The highest BCUT2D eigenvalue weighted by Gasteiger charge is 2.35. The lowest BCUT2D eigenvalue weighted by molar-refractivity contribution is 0.0387. The molecule has 1 heterocycles. The van der Waals surface area contributed by atoms with Crippen LogP contribution < -0.4 is 14.2 Å². The van der Waals surface area contributed by atoms with Gasteiger partial charge in [0.25, 0.3) is 15.9 Å². The number of carbonyl (C=O) groups excluding carboxylic acids is 1. The first kappa shape index (κ1) is 32.3. The first-order chi connectivity index (χ1) is 20.3. The van der Waals surface area contributed by atoms with Gasteiger partial charge in [-0.3, -0.25) is 9.52 Å². The fourth-order valence-corrected chi connectivity index (χ4v) is 6.95. The summed E-state index contributed by atoms with van der Waals surface area (Å²) in [6.45, 7) is 5.28. The van der Waals surface area contributed by atoms with Crippen molar-refractivity contribution in [3.63, 3.8) is 0 Å². The largest absolute Gasteiger partial charge is 0.497 e. The Hall–Kier alpha value is -3.65. The molecule has 0 saturated carbocycles. The molecule has 11 nitrogen and oxygen atoms in total. The van der Waals surface area contributed by atoms with Crippen molar-refractivity contribution in [1.29, 1.82) is 0 Å². The summed E-state index contributed by atoms with van der Waals surface area (Å²) in [5.74, 6) is -0.102. The van der Waals surface area contributed by atoms with Crippen LogP contribution in [0.1, 0.15) is 29.8 Å². The van der Waals surface area contributed by atoms with Crippen LogP contribution in [-0.4, -0.2) is 83.1 Å². The Labute approximate surface area is 253 Å².